The van der Waals surface area contributed by atoms with E-state index in [1.165, 1.54) is 10.5 Å². The molecule has 8 nitrogen and oxygen atoms in total. The van der Waals surface area contributed by atoms with Gasteiger partial charge >= 0.3 is 0 Å². The molecule has 1 unspecified atom stereocenters. The normalized spacial score (nSPS) is 16.2. The highest BCUT2D eigenvalue weighted by molar-refractivity contribution is 7.90. The number of hydrogen-bond donors (Lipinski definition) is 0. The van der Waals surface area contributed by atoms with E-state index < -0.39 is 11.2 Å². The first-order chi connectivity index (χ1) is 17.5. The largest absolute Gasteiger partial charge is 0.616 e. The fourth-order valence-electron chi connectivity index (χ4n) is 4.65. The molecule has 1 amide bonds. The summed E-state index contributed by atoms with van der Waals surface area (Å²) >= 11 is -1.00. The molecule has 1 atom stereocenters. The smallest absolute Gasteiger partial charge is 0.259 e. The van der Waals surface area contributed by atoms with Gasteiger partial charge in [0.2, 0.25) is 0 Å². The molecule has 182 valence electrons. The Morgan fingerprint density at radius 2 is 2.03 bits per heavy atom. The molecule has 4 aromatic rings. The first-order valence-electron chi connectivity index (χ1n) is 11.8. The summed E-state index contributed by atoms with van der Waals surface area (Å²) in [5.74, 6) is 2.81. The van der Waals surface area contributed by atoms with E-state index in [2.05, 4.69) is 9.88 Å². The van der Waals surface area contributed by atoms with Crippen LogP contribution in [0.2, 0.25) is 0 Å². The summed E-state index contributed by atoms with van der Waals surface area (Å²) in [5.41, 5.74) is 5.72. The van der Waals surface area contributed by atoms with Crippen molar-refractivity contribution in [2.45, 2.75) is 17.9 Å². The van der Waals surface area contributed by atoms with Crippen LogP contribution >= 0.6 is 0 Å². The average molecular weight is 500 g/mol. The van der Waals surface area contributed by atoms with Crippen molar-refractivity contribution in [1.82, 2.24) is 19.9 Å². The van der Waals surface area contributed by atoms with Crippen LogP contribution in [0.25, 0.3) is 22.3 Å². The summed E-state index contributed by atoms with van der Waals surface area (Å²) in [7, 11) is 3.41. The van der Waals surface area contributed by atoms with Crippen LogP contribution in [0.1, 0.15) is 16.8 Å². The van der Waals surface area contributed by atoms with Crippen LogP contribution in [-0.4, -0.2) is 57.6 Å². The molecule has 0 aliphatic carbocycles. The van der Waals surface area contributed by atoms with Crippen LogP contribution in [-0.2, 0) is 33.9 Å². The van der Waals surface area contributed by atoms with Crippen molar-refractivity contribution in [2.24, 2.45) is 0 Å². The summed E-state index contributed by atoms with van der Waals surface area (Å²) in [4.78, 5) is 30.0. The van der Waals surface area contributed by atoms with E-state index in [0.29, 0.717) is 23.1 Å². The monoisotopic (exact) mass is 499 g/mol. The van der Waals surface area contributed by atoms with E-state index in [-0.39, 0.29) is 12.5 Å². The van der Waals surface area contributed by atoms with Gasteiger partial charge in [-0.3, -0.25) is 9.78 Å². The van der Waals surface area contributed by atoms with Gasteiger partial charge in [-0.1, -0.05) is 24.3 Å². The third-order valence-electron chi connectivity index (χ3n) is 6.61. The van der Waals surface area contributed by atoms with Gasteiger partial charge in [0, 0.05) is 49.5 Å². The highest BCUT2D eigenvalue weighted by Crippen LogP contribution is 2.41. The SMILES string of the molecule is CN(C)C(=O)COc1ccc2c(c1)N(c1nc(-c3ccc4cccnc4c3)nc3c1C[S+]([O-])C3)CC2. The minimum absolute atomic E-state index is 0.0200. The van der Waals surface area contributed by atoms with Crippen molar-refractivity contribution >= 4 is 39.5 Å². The molecule has 2 aromatic carbocycles. The standard InChI is InChI=1S/C27H25N5O3S/c1-31(2)25(33)14-35-20-8-7-18-9-11-32(24(18)13-20)27-21-15-36(34)16-23(21)29-26(30-27)19-6-5-17-4-3-10-28-22(17)12-19/h3-8,10,12-13H,9,11,14-16H2,1-2H3. The molecule has 0 saturated carbocycles. The van der Waals surface area contributed by atoms with E-state index in [1.807, 2.05) is 48.5 Å². The maximum Gasteiger partial charge on any atom is 0.259 e. The maximum absolute atomic E-state index is 12.6. The van der Waals surface area contributed by atoms with Gasteiger partial charge in [-0.2, -0.15) is 0 Å². The van der Waals surface area contributed by atoms with Crippen LogP contribution in [0.15, 0.2) is 54.7 Å². The minimum Gasteiger partial charge on any atom is -0.616 e. The second-order valence-corrected chi connectivity index (χ2v) is 10.7. The Kier molecular flexibility index (Phi) is 5.73. The predicted octanol–water partition coefficient (Wildman–Crippen LogP) is 3.62. The number of carbonyl (C=O) groups is 1. The molecular formula is C27H25N5O3S. The molecule has 0 fully saturated rings. The predicted molar refractivity (Wildman–Crippen MR) is 140 cm³/mol. The molecule has 2 aromatic heterocycles. The molecule has 0 bridgehead atoms. The number of rotatable bonds is 5. The molecule has 0 N–H and O–H groups in total. The van der Waals surface area contributed by atoms with Crippen LogP contribution in [0.3, 0.4) is 0 Å². The number of hydrogen-bond acceptors (Lipinski definition) is 7. The zero-order valence-corrected chi connectivity index (χ0v) is 20.9. The Labute approximate surface area is 212 Å². The van der Waals surface area contributed by atoms with Crippen molar-refractivity contribution < 1.29 is 14.1 Å². The van der Waals surface area contributed by atoms with Crippen LogP contribution < -0.4 is 9.64 Å². The van der Waals surface area contributed by atoms with Crippen molar-refractivity contribution in [3.8, 4) is 17.1 Å². The zero-order valence-electron chi connectivity index (χ0n) is 20.1. The fraction of sp³-hybridized carbons (Fsp3) is 0.259. The van der Waals surface area contributed by atoms with Gasteiger partial charge in [-0.05, 0) is 41.4 Å². The summed E-state index contributed by atoms with van der Waals surface area (Å²) in [6, 6.07) is 15.9. The zero-order chi connectivity index (χ0) is 24.8. The van der Waals surface area contributed by atoms with Crippen LogP contribution in [0.4, 0.5) is 11.5 Å². The Balaban J connectivity index is 1.40. The lowest BCUT2D eigenvalue weighted by atomic mass is 10.1. The van der Waals surface area contributed by atoms with Gasteiger partial charge in [0.25, 0.3) is 5.91 Å². The molecule has 9 heteroatoms. The van der Waals surface area contributed by atoms with Crippen LogP contribution in [0.5, 0.6) is 5.75 Å². The van der Waals surface area contributed by atoms with E-state index in [9.17, 15) is 9.35 Å². The van der Waals surface area contributed by atoms with E-state index >= 15 is 0 Å². The molecule has 0 saturated heterocycles. The maximum atomic E-state index is 12.6. The first kappa shape index (κ1) is 22.8. The average Bonchev–Trinajstić information content (AvgIpc) is 3.48. The van der Waals surface area contributed by atoms with Crippen molar-refractivity contribution in [1.29, 1.82) is 0 Å². The molecule has 2 aliphatic heterocycles. The summed E-state index contributed by atoms with van der Waals surface area (Å²) in [5, 5.41) is 1.05. The molecule has 36 heavy (non-hydrogen) atoms. The number of aromatic nitrogens is 3. The number of likely N-dealkylation sites (N-methyl/N-ethyl adjacent to an activating group) is 1. The number of pyridine rings is 1. The number of amides is 1. The van der Waals surface area contributed by atoms with E-state index in [0.717, 1.165) is 52.2 Å². The molecule has 0 radical (unpaired) electrons. The second-order valence-electron chi connectivity index (χ2n) is 9.20. The summed E-state index contributed by atoms with van der Waals surface area (Å²) in [6.07, 6.45) is 2.64. The fourth-order valence-corrected chi connectivity index (χ4v) is 5.91. The molecular weight excluding hydrogens is 474 g/mol. The van der Waals surface area contributed by atoms with Gasteiger partial charge in [-0.25, -0.2) is 9.97 Å². The number of anilines is 2. The highest BCUT2D eigenvalue weighted by Gasteiger charge is 2.33. The van der Waals surface area contributed by atoms with Gasteiger partial charge < -0.3 is 19.1 Å². The lowest BCUT2D eigenvalue weighted by Crippen LogP contribution is -2.27. The van der Waals surface area contributed by atoms with Crippen LogP contribution in [0, 0.1) is 0 Å². The van der Waals surface area contributed by atoms with E-state index in [4.69, 9.17) is 14.7 Å². The molecule has 2 aliphatic rings. The van der Waals surface area contributed by atoms with Gasteiger partial charge in [-0.15, -0.1) is 0 Å². The number of nitrogens with zero attached hydrogens (tertiary/aromatic N) is 5. The van der Waals surface area contributed by atoms with Gasteiger partial charge in [0.1, 0.15) is 28.8 Å². The number of fused-ring (bicyclic) bond motifs is 3. The Bertz CT molecular complexity index is 1490. The number of carbonyl (C=O) groups excluding carboxylic acids is 1. The third-order valence-corrected chi connectivity index (χ3v) is 7.81. The quantitative estimate of drug-likeness (QED) is 0.387. The van der Waals surface area contributed by atoms with E-state index in [1.54, 1.807) is 20.3 Å². The Morgan fingerprint density at radius 1 is 1.14 bits per heavy atom. The Hall–Kier alpha value is -3.69. The molecule has 0 spiro atoms. The number of ether oxygens (including phenoxy) is 1. The first-order valence-corrected chi connectivity index (χ1v) is 13.3. The topological polar surface area (TPSA) is 94.5 Å². The van der Waals surface area contributed by atoms with Gasteiger partial charge in [0.05, 0.1) is 11.1 Å². The Morgan fingerprint density at radius 3 is 2.89 bits per heavy atom. The molecule has 6 rings (SSSR count). The van der Waals surface area contributed by atoms with Gasteiger partial charge in [0.15, 0.2) is 12.4 Å². The van der Waals surface area contributed by atoms with Crippen molar-refractivity contribution in [2.75, 3.05) is 32.1 Å². The summed E-state index contributed by atoms with van der Waals surface area (Å²) < 4.78 is 18.3. The minimum atomic E-state index is -1.00. The highest BCUT2D eigenvalue weighted by atomic mass is 32.2. The second kappa shape index (κ2) is 9.07. The lowest BCUT2D eigenvalue weighted by Gasteiger charge is -2.22. The van der Waals surface area contributed by atoms with Crippen molar-refractivity contribution in [3.05, 3.63) is 71.5 Å². The third kappa shape index (κ3) is 4.14. The summed E-state index contributed by atoms with van der Waals surface area (Å²) in [6.45, 7) is 0.734. The molecule has 4 heterocycles. The van der Waals surface area contributed by atoms with Crippen molar-refractivity contribution in [3.63, 3.8) is 0 Å². The lowest BCUT2D eigenvalue weighted by molar-refractivity contribution is -0.130. The number of benzene rings is 2.